The van der Waals surface area contributed by atoms with Gasteiger partial charge in [-0.05, 0) is 34.5 Å². The number of fused-ring (bicyclic) bond motifs is 1. The number of carbonyl (C=O) groups is 4. The Hall–Kier alpha value is -2.88. The first-order valence-electron chi connectivity index (χ1n) is 11.1. The minimum atomic E-state index is -3.95. The van der Waals surface area contributed by atoms with Crippen LogP contribution in [0.4, 0.5) is 8.78 Å². The maximum absolute atomic E-state index is 14.7. The summed E-state index contributed by atoms with van der Waals surface area (Å²) in [5, 5.41) is -5.13. The van der Waals surface area contributed by atoms with Crippen LogP contribution in [0.25, 0.3) is 0 Å². The highest BCUT2D eigenvalue weighted by Crippen LogP contribution is 2.56. The number of hydrogen-bond donors (Lipinski definition) is 0. The number of rotatable bonds is 5. The first-order chi connectivity index (χ1) is 17.9. The number of imide groups is 1. The van der Waals surface area contributed by atoms with E-state index < -0.39 is 64.1 Å². The Morgan fingerprint density at radius 3 is 2.18 bits per heavy atom. The van der Waals surface area contributed by atoms with E-state index in [1.807, 2.05) is 0 Å². The van der Waals surface area contributed by atoms with Gasteiger partial charge in [-0.2, -0.15) is 8.78 Å². The van der Waals surface area contributed by atoms with Crippen molar-refractivity contribution in [2.45, 2.75) is 34.9 Å². The second-order valence-electron chi connectivity index (χ2n) is 9.38. The van der Waals surface area contributed by atoms with E-state index in [1.165, 1.54) is 30.3 Å². The lowest BCUT2D eigenvalue weighted by Crippen LogP contribution is -2.75. The van der Waals surface area contributed by atoms with Gasteiger partial charge in [-0.15, -0.1) is 0 Å². The lowest BCUT2D eigenvalue weighted by atomic mass is 9.21. The minimum Gasteiger partial charge on any atom is -0.387 e. The summed E-state index contributed by atoms with van der Waals surface area (Å²) >= 11 is 5.72. The standard InChI is InChI=1S/C22H11B7ClF2N3O4/c23-20(24)17(38)35(29)18(39)21(25,22(20,26)27)33-9-11-7-10(1-6-14(11)15(33)36)8-34(28)16(37)19(31,32)12-2-4-13(30)5-3-12/h1-7H,8-9H2/t21-/m0/s1. The highest BCUT2D eigenvalue weighted by molar-refractivity contribution is 6.68. The summed E-state index contributed by atoms with van der Waals surface area (Å²) in [4.78, 5) is 52.2. The van der Waals surface area contributed by atoms with Gasteiger partial charge in [0.2, 0.25) is 27.8 Å². The molecule has 0 saturated carbocycles. The van der Waals surface area contributed by atoms with Crippen LogP contribution in [-0.4, -0.2) is 98.8 Å². The molecule has 4 amide bonds. The van der Waals surface area contributed by atoms with E-state index in [2.05, 4.69) is 0 Å². The molecule has 0 N–H and O–H groups in total. The van der Waals surface area contributed by atoms with Gasteiger partial charge in [0.05, 0.1) is 36.8 Å². The second-order valence-corrected chi connectivity index (χ2v) is 9.82. The van der Waals surface area contributed by atoms with E-state index >= 15 is 0 Å². The molecule has 1 atom stereocenters. The molecule has 2 aromatic carbocycles. The van der Waals surface area contributed by atoms with Crippen LogP contribution in [0.2, 0.25) is 15.5 Å². The zero-order chi connectivity index (χ0) is 29.3. The Balaban J connectivity index is 1.60. The Morgan fingerprint density at radius 1 is 1.00 bits per heavy atom. The molecule has 2 aromatic rings. The topological polar surface area (TPSA) is 78.0 Å². The van der Waals surface area contributed by atoms with Gasteiger partial charge in [0.25, 0.3) is 11.8 Å². The molecule has 0 bridgehead atoms. The number of amides is 4. The van der Waals surface area contributed by atoms with E-state index in [-0.39, 0.29) is 26.5 Å². The van der Waals surface area contributed by atoms with Crippen molar-refractivity contribution < 1.29 is 28.0 Å². The summed E-state index contributed by atoms with van der Waals surface area (Å²) in [5.41, 5.74) is -2.75. The van der Waals surface area contributed by atoms with Crippen LogP contribution < -0.4 is 0 Å². The van der Waals surface area contributed by atoms with Gasteiger partial charge < -0.3 is 14.5 Å². The van der Waals surface area contributed by atoms with E-state index in [1.54, 1.807) is 0 Å². The molecule has 17 heteroatoms. The molecule has 39 heavy (non-hydrogen) atoms. The zero-order valence-electron chi connectivity index (χ0n) is 20.1. The fourth-order valence-electron chi connectivity index (χ4n) is 4.47. The van der Waals surface area contributed by atoms with Gasteiger partial charge in [0.1, 0.15) is 7.85 Å². The molecule has 14 radical (unpaired) electrons. The van der Waals surface area contributed by atoms with Crippen molar-refractivity contribution in [2.24, 2.45) is 0 Å². The smallest absolute Gasteiger partial charge is 0.348 e. The zero-order valence-corrected chi connectivity index (χ0v) is 20.9. The van der Waals surface area contributed by atoms with Crippen molar-refractivity contribution in [2.75, 3.05) is 0 Å². The molecule has 180 valence electrons. The van der Waals surface area contributed by atoms with E-state index in [0.717, 1.165) is 17.0 Å². The average molecular weight is 530 g/mol. The van der Waals surface area contributed by atoms with Gasteiger partial charge in [-0.25, -0.2) is 0 Å². The minimum absolute atomic E-state index is 0.0358. The SMILES string of the molecule is [B]N(Cc1ccc2c(c1)CN([C@@]1([B])C(=O)N([B])C(=O)C([B])([B])C1([B])[B])C2=O)C(=O)C(F)(F)c1ccc(Cl)cc1. The van der Waals surface area contributed by atoms with Crippen LogP contribution in [0.15, 0.2) is 42.5 Å². The van der Waals surface area contributed by atoms with E-state index in [9.17, 15) is 28.0 Å². The highest BCUT2D eigenvalue weighted by Gasteiger charge is 2.64. The Labute approximate surface area is 237 Å². The number of nitrogens with zero attached hydrogens (tertiary/aromatic N) is 3. The number of halogens is 3. The number of hydrogen-bond acceptors (Lipinski definition) is 4. The number of piperidine rings is 1. The molecule has 7 nitrogen and oxygen atoms in total. The van der Waals surface area contributed by atoms with Crippen LogP contribution >= 0.6 is 11.6 Å². The van der Waals surface area contributed by atoms with Crippen molar-refractivity contribution in [1.29, 1.82) is 0 Å². The normalized spacial score (nSPS) is 22.1. The Bertz CT molecular complexity index is 1410. The molecule has 0 spiro atoms. The van der Waals surface area contributed by atoms with Gasteiger partial charge >= 0.3 is 5.92 Å². The van der Waals surface area contributed by atoms with Gasteiger partial charge in [0.15, 0.2) is 0 Å². The second kappa shape index (κ2) is 9.35. The van der Waals surface area contributed by atoms with Gasteiger partial charge in [-0.1, -0.05) is 41.1 Å². The summed E-state index contributed by atoms with van der Waals surface area (Å²) in [6.45, 7) is -0.869. The van der Waals surface area contributed by atoms with Crippen molar-refractivity contribution >= 4 is 90.4 Å². The first kappa shape index (κ1) is 29.1. The average Bonchev–Trinajstić information content (AvgIpc) is 3.21. The molecule has 2 aliphatic rings. The summed E-state index contributed by atoms with van der Waals surface area (Å²) in [6.07, 6.45) is 0. The van der Waals surface area contributed by atoms with Crippen molar-refractivity contribution in [1.82, 2.24) is 14.5 Å². The predicted molar refractivity (Wildman–Crippen MR) is 142 cm³/mol. The maximum Gasteiger partial charge on any atom is 0.348 e. The Morgan fingerprint density at radius 2 is 1.59 bits per heavy atom. The van der Waals surface area contributed by atoms with Gasteiger partial charge in [0, 0.05) is 29.2 Å². The van der Waals surface area contributed by atoms with Crippen LogP contribution in [0, 0.1) is 0 Å². The summed E-state index contributed by atoms with van der Waals surface area (Å²) in [7, 11) is 41.1. The lowest BCUT2D eigenvalue weighted by molar-refractivity contribution is -0.154. The first-order valence-corrected chi connectivity index (χ1v) is 11.5. The largest absolute Gasteiger partial charge is 0.387 e. The van der Waals surface area contributed by atoms with Crippen LogP contribution in [0.1, 0.15) is 27.0 Å². The molecule has 2 aliphatic heterocycles. The third kappa shape index (κ3) is 4.17. The molecular formula is C22H11B7ClF2N3O4. The molecule has 2 heterocycles. The Kier molecular flexibility index (Phi) is 6.98. The van der Waals surface area contributed by atoms with Crippen LogP contribution in [0.5, 0.6) is 0 Å². The number of alkyl halides is 2. The van der Waals surface area contributed by atoms with Crippen LogP contribution in [-0.2, 0) is 33.4 Å². The number of benzene rings is 2. The predicted octanol–water partition coefficient (Wildman–Crippen LogP) is -0.277. The monoisotopic (exact) mass is 531 g/mol. The van der Waals surface area contributed by atoms with E-state index in [4.69, 9.17) is 66.8 Å². The summed E-state index contributed by atoms with van der Waals surface area (Å²) in [5.74, 6) is -9.14. The molecule has 1 saturated heterocycles. The molecule has 1 fully saturated rings. The highest BCUT2D eigenvalue weighted by atomic mass is 35.5. The molecule has 4 rings (SSSR count). The van der Waals surface area contributed by atoms with Crippen molar-refractivity contribution in [3.63, 3.8) is 0 Å². The van der Waals surface area contributed by atoms with Crippen LogP contribution in [0.3, 0.4) is 0 Å². The third-order valence-electron chi connectivity index (χ3n) is 6.92. The summed E-state index contributed by atoms with van der Waals surface area (Å²) < 4.78 is 29.5. The third-order valence-corrected chi connectivity index (χ3v) is 7.17. The van der Waals surface area contributed by atoms with Gasteiger partial charge in [-0.3, -0.25) is 19.2 Å². The van der Waals surface area contributed by atoms with Crippen molar-refractivity contribution in [3.8, 4) is 0 Å². The lowest BCUT2D eigenvalue weighted by Gasteiger charge is -2.62. The van der Waals surface area contributed by atoms with Crippen molar-refractivity contribution in [3.05, 3.63) is 69.7 Å². The maximum atomic E-state index is 14.7. The fraction of sp³-hybridized carbons (Fsp3) is 0.273. The molecule has 0 aliphatic carbocycles. The summed E-state index contributed by atoms with van der Waals surface area (Å²) in [6, 6.07) is 8.46. The number of carbonyl (C=O) groups excluding carboxylic acids is 4. The molecule has 0 unspecified atom stereocenters. The quantitative estimate of drug-likeness (QED) is 0.394. The molecule has 0 aromatic heterocycles. The molecular weight excluding hydrogens is 519 g/mol. The van der Waals surface area contributed by atoms with E-state index in [0.29, 0.717) is 4.81 Å². The fourth-order valence-corrected chi connectivity index (χ4v) is 4.60.